The Morgan fingerprint density at radius 2 is 1.79 bits per heavy atom. The van der Waals surface area contributed by atoms with Crippen LogP contribution in [-0.2, 0) is 20.0 Å². The summed E-state index contributed by atoms with van der Waals surface area (Å²) in [5.41, 5.74) is 0.119. The van der Waals surface area contributed by atoms with Crippen molar-refractivity contribution >= 4 is 37.3 Å². The van der Waals surface area contributed by atoms with Crippen molar-refractivity contribution in [3.8, 4) is 0 Å². The second-order valence-electron chi connectivity index (χ2n) is 5.32. The molecule has 24 heavy (non-hydrogen) atoms. The maximum absolute atomic E-state index is 12.4. The third-order valence-corrected chi connectivity index (χ3v) is 6.65. The van der Waals surface area contributed by atoms with E-state index in [4.69, 9.17) is 11.6 Å². The predicted octanol–water partition coefficient (Wildman–Crippen LogP) is 1.98. The molecule has 1 aliphatic carbocycles. The van der Waals surface area contributed by atoms with Gasteiger partial charge >= 0.3 is 0 Å². The third-order valence-electron chi connectivity index (χ3n) is 3.31. The summed E-state index contributed by atoms with van der Waals surface area (Å²) in [6.45, 7) is 0. The summed E-state index contributed by atoms with van der Waals surface area (Å²) in [5, 5.41) is -0.163. The Bertz CT molecular complexity index is 973. The Kier molecular flexibility index (Phi) is 4.52. The highest BCUT2D eigenvalue weighted by Gasteiger charge is 2.28. The molecule has 128 valence electrons. The standard InChI is InChI=1S/C14H14ClN3O4S2/c15-14-13(5-2-8-16-14)24(21,22)18-11-3-1-4-12(9-11)23(19,20)17-10-6-7-10/h1-5,8-10,17-18H,6-7H2. The zero-order chi connectivity index (χ0) is 17.4. The molecule has 7 nitrogen and oxygen atoms in total. The van der Waals surface area contributed by atoms with Gasteiger partial charge in [-0.05, 0) is 43.2 Å². The number of aromatic nitrogens is 1. The molecule has 1 aliphatic rings. The van der Waals surface area contributed by atoms with Crippen LogP contribution >= 0.6 is 11.6 Å². The first-order valence-corrected chi connectivity index (χ1v) is 10.4. The van der Waals surface area contributed by atoms with Crippen LogP contribution in [0.25, 0.3) is 0 Å². The number of hydrogen-bond donors (Lipinski definition) is 2. The van der Waals surface area contributed by atoms with Crippen molar-refractivity contribution in [1.82, 2.24) is 9.71 Å². The molecule has 0 saturated heterocycles. The number of rotatable bonds is 6. The van der Waals surface area contributed by atoms with Crippen molar-refractivity contribution < 1.29 is 16.8 Å². The van der Waals surface area contributed by atoms with E-state index >= 15 is 0 Å². The van der Waals surface area contributed by atoms with E-state index in [9.17, 15) is 16.8 Å². The molecule has 2 aromatic rings. The fourth-order valence-electron chi connectivity index (χ4n) is 2.00. The van der Waals surface area contributed by atoms with Gasteiger partial charge in [0.15, 0.2) is 0 Å². The van der Waals surface area contributed by atoms with Gasteiger partial charge in [0.05, 0.1) is 10.6 Å². The maximum Gasteiger partial charge on any atom is 0.264 e. The van der Waals surface area contributed by atoms with Crippen LogP contribution in [-0.4, -0.2) is 27.9 Å². The number of pyridine rings is 1. The normalized spacial score (nSPS) is 15.2. The van der Waals surface area contributed by atoms with Gasteiger partial charge < -0.3 is 0 Å². The minimum atomic E-state index is -3.98. The summed E-state index contributed by atoms with van der Waals surface area (Å²) in [6.07, 6.45) is 2.99. The second kappa shape index (κ2) is 6.32. The van der Waals surface area contributed by atoms with Gasteiger partial charge in [-0.1, -0.05) is 17.7 Å². The van der Waals surface area contributed by atoms with Crippen LogP contribution < -0.4 is 9.44 Å². The fourth-order valence-corrected chi connectivity index (χ4v) is 4.85. The van der Waals surface area contributed by atoms with Gasteiger partial charge in [-0.25, -0.2) is 26.5 Å². The molecule has 0 amide bonds. The Morgan fingerprint density at radius 1 is 1.04 bits per heavy atom. The molecule has 0 bridgehead atoms. The highest BCUT2D eigenvalue weighted by molar-refractivity contribution is 7.92. The van der Waals surface area contributed by atoms with Gasteiger partial charge in [0.25, 0.3) is 10.0 Å². The van der Waals surface area contributed by atoms with Crippen molar-refractivity contribution in [3.05, 3.63) is 47.7 Å². The topological polar surface area (TPSA) is 105 Å². The summed E-state index contributed by atoms with van der Waals surface area (Å²) in [4.78, 5) is 3.53. The average Bonchev–Trinajstić information content (AvgIpc) is 3.30. The lowest BCUT2D eigenvalue weighted by Gasteiger charge is -2.11. The van der Waals surface area contributed by atoms with Gasteiger partial charge in [0, 0.05) is 12.2 Å². The van der Waals surface area contributed by atoms with Gasteiger partial charge in [0.1, 0.15) is 10.0 Å². The van der Waals surface area contributed by atoms with E-state index in [-0.39, 0.29) is 26.7 Å². The van der Waals surface area contributed by atoms with E-state index < -0.39 is 20.0 Å². The second-order valence-corrected chi connectivity index (χ2v) is 9.04. The Morgan fingerprint density at radius 3 is 2.46 bits per heavy atom. The molecule has 2 N–H and O–H groups in total. The monoisotopic (exact) mass is 387 g/mol. The van der Waals surface area contributed by atoms with Crippen LogP contribution in [0.15, 0.2) is 52.4 Å². The summed E-state index contributed by atoms with van der Waals surface area (Å²) in [6, 6.07) is 8.30. The lowest BCUT2D eigenvalue weighted by Crippen LogP contribution is -2.25. The number of nitrogens with one attached hydrogen (secondary N) is 2. The molecular formula is C14H14ClN3O4S2. The van der Waals surface area contributed by atoms with Gasteiger partial charge in [0.2, 0.25) is 10.0 Å². The zero-order valence-electron chi connectivity index (χ0n) is 12.3. The minimum Gasteiger partial charge on any atom is -0.279 e. The maximum atomic E-state index is 12.4. The first-order chi connectivity index (χ1) is 11.3. The molecular weight excluding hydrogens is 374 g/mol. The van der Waals surface area contributed by atoms with E-state index in [0.717, 1.165) is 12.8 Å². The Hall–Kier alpha value is -1.68. The van der Waals surface area contributed by atoms with Crippen LogP contribution in [0, 0.1) is 0 Å². The predicted molar refractivity (Wildman–Crippen MR) is 89.8 cm³/mol. The highest BCUT2D eigenvalue weighted by atomic mass is 35.5. The van der Waals surface area contributed by atoms with E-state index in [1.54, 1.807) is 0 Å². The van der Waals surface area contributed by atoms with E-state index in [0.29, 0.717) is 0 Å². The van der Waals surface area contributed by atoms with E-state index in [2.05, 4.69) is 14.4 Å². The molecule has 1 fully saturated rings. The molecule has 3 rings (SSSR count). The number of anilines is 1. The first-order valence-electron chi connectivity index (χ1n) is 7.04. The number of hydrogen-bond acceptors (Lipinski definition) is 5. The van der Waals surface area contributed by atoms with Crippen LogP contribution in [0.5, 0.6) is 0 Å². The quantitative estimate of drug-likeness (QED) is 0.737. The molecule has 0 spiro atoms. The van der Waals surface area contributed by atoms with Crippen LogP contribution in [0.3, 0.4) is 0 Å². The lowest BCUT2D eigenvalue weighted by atomic mass is 10.3. The lowest BCUT2D eigenvalue weighted by molar-refractivity contribution is 0.581. The molecule has 1 aromatic heterocycles. The summed E-state index contributed by atoms with van der Waals surface area (Å²) >= 11 is 5.81. The van der Waals surface area contributed by atoms with Crippen LogP contribution in [0.1, 0.15) is 12.8 Å². The number of sulfonamides is 2. The van der Waals surface area contributed by atoms with Gasteiger partial charge in [-0.15, -0.1) is 0 Å². The molecule has 0 radical (unpaired) electrons. The van der Waals surface area contributed by atoms with Crippen molar-refractivity contribution in [2.45, 2.75) is 28.7 Å². The third kappa shape index (κ3) is 3.86. The summed E-state index contributed by atoms with van der Waals surface area (Å²) < 4.78 is 54.0. The van der Waals surface area contributed by atoms with Gasteiger partial charge in [-0.2, -0.15) is 0 Å². The molecule has 1 saturated carbocycles. The van der Waals surface area contributed by atoms with Crippen molar-refractivity contribution in [2.24, 2.45) is 0 Å². The highest BCUT2D eigenvalue weighted by Crippen LogP contribution is 2.25. The fraction of sp³-hybridized carbons (Fsp3) is 0.214. The Balaban J connectivity index is 1.88. The van der Waals surface area contributed by atoms with Crippen molar-refractivity contribution in [1.29, 1.82) is 0 Å². The SMILES string of the molecule is O=S(=O)(NC1CC1)c1cccc(NS(=O)(=O)c2cccnc2Cl)c1. The molecule has 0 atom stereocenters. The number of benzene rings is 1. The first kappa shape index (κ1) is 17.2. The van der Waals surface area contributed by atoms with Crippen LogP contribution in [0.2, 0.25) is 5.15 Å². The number of nitrogens with zero attached hydrogens (tertiary/aromatic N) is 1. The van der Waals surface area contributed by atoms with Gasteiger partial charge in [-0.3, -0.25) is 4.72 Å². The van der Waals surface area contributed by atoms with E-state index in [1.807, 2.05) is 0 Å². The summed E-state index contributed by atoms with van der Waals surface area (Å²) in [5.74, 6) is 0. The largest absolute Gasteiger partial charge is 0.279 e. The number of halogens is 1. The zero-order valence-corrected chi connectivity index (χ0v) is 14.7. The molecule has 1 aromatic carbocycles. The van der Waals surface area contributed by atoms with Crippen LogP contribution in [0.4, 0.5) is 5.69 Å². The molecule has 0 aliphatic heterocycles. The van der Waals surface area contributed by atoms with Crippen molar-refractivity contribution in [3.63, 3.8) is 0 Å². The van der Waals surface area contributed by atoms with Crippen molar-refractivity contribution in [2.75, 3.05) is 4.72 Å². The summed E-state index contributed by atoms with van der Waals surface area (Å²) in [7, 11) is -7.65. The smallest absolute Gasteiger partial charge is 0.264 e. The minimum absolute atomic E-state index is 0.00752. The molecule has 0 unspecified atom stereocenters. The molecule has 10 heteroatoms. The van der Waals surface area contributed by atoms with E-state index in [1.165, 1.54) is 42.6 Å². The Labute approximate surface area is 145 Å². The average molecular weight is 388 g/mol. The molecule has 1 heterocycles.